The van der Waals surface area contributed by atoms with Crippen LogP contribution in [0.15, 0.2) is 24.3 Å². The molecule has 0 N–H and O–H groups in total. The second-order valence-electron chi connectivity index (χ2n) is 4.45. The number of para-hydroxylation sites is 1. The van der Waals surface area contributed by atoms with Gasteiger partial charge in [0.05, 0.1) is 0 Å². The second-order valence-corrected chi connectivity index (χ2v) is 4.75. The van der Waals surface area contributed by atoms with Crippen LogP contribution in [0.1, 0.15) is 19.4 Å². The molecule has 0 bridgehead atoms. The van der Waals surface area contributed by atoms with E-state index in [2.05, 4.69) is 13.0 Å². The first-order valence-corrected chi connectivity index (χ1v) is 6.15. The molecule has 0 spiro atoms. The third kappa shape index (κ3) is 1.82. The molecule has 1 aliphatic rings. The number of alkyl halides is 1. The molecular formula is C13H16ClNO. The Kier molecular flexibility index (Phi) is 3.20. The fourth-order valence-electron chi connectivity index (χ4n) is 2.20. The molecular weight excluding hydrogens is 222 g/mol. The van der Waals surface area contributed by atoms with E-state index in [-0.39, 0.29) is 17.9 Å². The van der Waals surface area contributed by atoms with E-state index in [0.717, 1.165) is 12.1 Å². The lowest BCUT2D eigenvalue weighted by atomic mass is 10.1. The molecule has 86 valence electrons. The summed E-state index contributed by atoms with van der Waals surface area (Å²) in [5.74, 6) is 0.396. The SMILES string of the molecule is CC(CCl)C(=O)N1c2ccccc2CC1C. The number of hydrogen-bond donors (Lipinski definition) is 0. The highest BCUT2D eigenvalue weighted by atomic mass is 35.5. The molecule has 1 amide bonds. The molecule has 1 aromatic carbocycles. The van der Waals surface area contributed by atoms with E-state index in [1.807, 2.05) is 30.0 Å². The number of nitrogens with zero attached hydrogens (tertiary/aromatic N) is 1. The average Bonchev–Trinajstić information content (AvgIpc) is 2.63. The normalized spacial score (nSPS) is 20.7. The van der Waals surface area contributed by atoms with Crippen LogP contribution in [0.25, 0.3) is 0 Å². The summed E-state index contributed by atoms with van der Waals surface area (Å²) < 4.78 is 0. The van der Waals surface area contributed by atoms with Crippen molar-refractivity contribution < 1.29 is 4.79 Å². The molecule has 1 aliphatic heterocycles. The molecule has 2 unspecified atom stereocenters. The summed E-state index contributed by atoms with van der Waals surface area (Å²) in [6.45, 7) is 3.96. The highest BCUT2D eigenvalue weighted by Gasteiger charge is 2.32. The topological polar surface area (TPSA) is 20.3 Å². The van der Waals surface area contributed by atoms with E-state index in [1.165, 1.54) is 5.56 Å². The fourth-order valence-corrected chi connectivity index (χ4v) is 2.34. The molecule has 2 atom stereocenters. The van der Waals surface area contributed by atoms with E-state index in [9.17, 15) is 4.79 Å². The Bertz CT molecular complexity index is 405. The predicted octanol–water partition coefficient (Wildman–Crippen LogP) is 2.84. The quantitative estimate of drug-likeness (QED) is 0.725. The summed E-state index contributed by atoms with van der Waals surface area (Å²) >= 11 is 5.75. The summed E-state index contributed by atoms with van der Waals surface area (Å²) in [4.78, 5) is 14.1. The highest BCUT2D eigenvalue weighted by Crippen LogP contribution is 2.32. The number of anilines is 1. The van der Waals surface area contributed by atoms with Crippen molar-refractivity contribution >= 4 is 23.2 Å². The van der Waals surface area contributed by atoms with Crippen molar-refractivity contribution in [2.24, 2.45) is 5.92 Å². The first-order chi connectivity index (χ1) is 7.65. The molecule has 0 radical (unpaired) electrons. The minimum absolute atomic E-state index is 0.115. The molecule has 0 fully saturated rings. The third-order valence-corrected chi connectivity index (χ3v) is 3.56. The zero-order chi connectivity index (χ0) is 11.7. The van der Waals surface area contributed by atoms with Crippen molar-refractivity contribution in [1.82, 2.24) is 0 Å². The summed E-state index contributed by atoms with van der Waals surface area (Å²) in [6.07, 6.45) is 0.941. The number of fused-ring (bicyclic) bond motifs is 1. The molecule has 2 nitrogen and oxygen atoms in total. The zero-order valence-electron chi connectivity index (χ0n) is 9.61. The van der Waals surface area contributed by atoms with E-state index in [0.29, 0.717) is 5.88 Å². The van der Waals surface area contributed by atoms with Crippen molar-refractivity contribution in [2.45, 2.75) is 26.3 Å². The van der Waals surface area contributed by atoms with Crippen LogP contribution in [0.5, 0.6) is 0 Å². The lowest BCUT2D eigenvalue weighted by Crippen LogP contribution is -2.39. The van der Waals surface area contributed by atoms with Crippen LogP contribution in [0.2, 0.25) is 0 Å². The first kappa shape index (κ1) is 11.5. The molecule has 16 heavy (non-hydrogen) atoms. The van der Waals surface area contributed by atoms with E-state index >= 15 is 0 Å². The number of amides is 1. The van der Waals surface area contributed by atoms with Gasteiger partial charge in [0, 0.05) is 23.5 Å². The van der Waals surface area contributed by atoms with Crippen molar-refractivity contribution in [3.63, 3.8) is 0 Å². The van der Waals surface area contributed by atoms with Gasteiger partial charge >= 0.3 is 0 Å². The van der Waals surface area contributed by atoms with Gasteiger partial charge in [-0.3, -0.25) is 4.79 Å². The van der Waals surface area contributed by atoms with E-state index in [4.69, 9.17) is 11.6 Å². The minimum Gasteiger partial charge on any atom is -0.309 e. The van der Waals surface area contributed by atoms with Crippen LogP contribution in [0.3, 0.4) is 0 Å². The van der Waals surface area contributed by atoms with Gasteiger partial charge in [-0.2, -0.15) is 0 Å². The van der Waals surface area contributed by atoms with Crippen LogP contribution in [0, 0.1) is 5.92 Å². The predicted molar refractivity (Wildman–Crippen MR) is 67.0 cm³/mol. The van der Waals surface area contributed by atoms with E-state index < -0.39 is 0 Å². The molecule has 1 heterocycles. The van der Waals surface area contributed by atoms with Gasteiger partial charge in [0.15, 0.2) is 0 Å². The van der Waals surface area contributed by atoms with Crippen molar-refractivity contribution in [3.05, 3.63) is 29.8 Å². The maximum atomic E-state index is 12.2. The van der Waals surface area contributed by atoms with Gasteiger partial charge < -0.3 is 4.90 Å². The summed E-state index contributed by atoms with van der Waals surface area (Å²) in [5.41, 5.74) is 2.31. The van der Waals surface area contributed by atoms with Crippen LogP contribution in [-0.4, -0.2) is 17.8 Å². The van der Waals surface area contributed by atoms with Crippen LogP contribution in [-0.2, 0) is 11.2 Å². The highest BCUT2D eigenvalue weighted by molar-refractivity contribution is 6.19. The maximum Gasteiger partial charge on any atom is 0.231 e. The van der Waals surface area contributed by atoms with Crippen LogP contribution < -0.4 is 4.90 Å². The monoisotopic (exact) mass is 237 g/mol. The van der Waals surface area contributed by atoms with Gasteiger partial charge in [-0.25, -0.2) is 0 Å². The van der Waals surface area contributed by atoms with Crippen LogP contribution >= 0.6 is 11.6 Å². The molecule has 0 saturated carbocycles. The first-order valence-electron chi connectivity index (χ1n) is 5.62. The van der Waals surface area contributed by atoms with Crippen molar-refractivity contribution in [3.8, 4) is 0 Å². The van der Waals surface area contributed by atoms with Gasteiger partial charge in [-0.1, -0.05) is 25.1 Å². The number of hydrogen-bond acceptors (Lipinski definition) is 1. The fraction of sp³-hybridized carbons (Fsp3) is 0.462. The molecule has 1 aromatic rings. The van der Waals surface area contributed by atoms with E-state index in [1.54, 1.807) is 0 Å². The Labute approximate surface area is 101 Å². The molecule has 3 heteroatoms. The Morgan fingerprint density at radius 3 is 2.94 bits per heavy atom. The Morgan fingerprint density at radius 1 is 1.56 bits per heavy atom. The van der Waals surface area contributed by atoms with Gasteiger partial charge in [-0.05, 0) is 25.0 Å². The average molecular weight is 238 g/mol. The maximum absolute atomic E-state index is 12.2. The third-order valence-electron chi connectivity index (χ3n) is 3.10. The summed E-state index contributed by atoms with van der Waals surface area (Å²) in [7, 11) is 0. The largest absolute Gasteiger partial charge is 0.309 e. The van der Waals surface area contributed by atoms with Crippen molar-refractivity contribution in [2.75, 3.05) is 10.8 Å². The standard InChI is InChI=1S/C13H16ClNO/c1-9(8-14)13(16)15-10(2)7-11-5-3-4-6-12(11)15/h3-6,9-10H,7-8H2,1-2H3. The Hall–Kier alpha value is -1.02. The van der Waals surface area contributed by atoms with Gasteiger partial charge in [-0.15, -0.1) is 11.6 Å². The smallest absolute Gasteiger partial charge is 0.231 e. The second kappa shape index (κ2) is 4.46. The Balaban J connectivity index is 2.32. The van der Waals surface area contributed by atoms with Crippen molar-refractivity contribution in [1.29, 1.82) is 0 Å². The van der Waals surface area contributed by atoms with Gasteiger partial charge in [0.25, 0.3) is 0 Å². The molecule has 2 rings (SSSR count). The van der Waals surface area contributed by atoms with Gasteiger partial charge in [0.1, 0.15) is 0 Å². The number of halogens is 1. The van der Waals surface area contributed by atoms with Crippen LogP contribution in [0.4, 0.5) is 5.69 Å². The lowest BCUT2D eigenvalue weighted by Gasteiger charge is -2.25. The lowest BCUT2D eigenvalue weighted by molar-refractivity contribution is -0.121. The Morgan fingerprint density at radius 2 is 2.25 bits per heavy atom. The minimum atomic E-state index is -0.115. The molecule has 0 saturated heterocycles. The summed E-state index contributed by atoms with van der Waals surface area (Å²) in [5, 5.41) is 0. The zero-order valence-corrected chi connectivity index (χ0v) is 10.4. The number of carbonyl (C=O) groups excluding carboxylic acids is 1. The number of benzene rings is 1. The number of carbonyl (C=O) groups is 1. The molecule has 0 aliphatic carbocycles. The molecule has 0 aromatic heterocycles. The summed E-state index contributed by atoms with van der Waals surface area (Å²) in [6, 6.07) is 8.34. The number of rotatable bonds is 2. The van der Waals surface area contributed by atoms with Gasteiger partial charge in [0.2, 0.25) is 5.91 Å².